The van der Waals surface area contributed by atoms with E-state index < -0.39 is 37.3 Å². The van der Waals surface area contributed by atoms with E-state index in [4.69, 9.17) is 15.9 Å². The minimum absolute atomic E-state index is 0.188. The topological polar surface area (TPSA) is 120 Å². The molecular weight excluding hydrogens is 432 g/mol. The zero-order valence-electron chi connectivity index (χ0n) is 17.3. The molecule has 0 radical (unpaired) electrons. The molecule has 0 bridgehead atoms. The molecule has 168 valence electrons. The normalized spacial score (nSPS) is 23.8. The van der Waals surface area contributed by atoms with E-state index in [1.165, 1.54) is 11.3 Å². The summed E-state index contributed by atoms with van der Waals surface area (Å²) in [6, 6.07) is 8.52. The molecule has 1 saturated heterocycles. The third-order valence-corrected chi connectivity index (χ3v) is 5.32. The first-order valence-corrected chi connectivity index (χ1v) is 10.5. The van der Waals surface area contributed by atoms with Gasteiger partial charge in [-0.05, 0) is 59.7 Å². The van der Waals surface area contributed by atoms with Gasteiger partial charge in [-0.3, -0.25) is 0 Å². The van der Waals surface area contributed by atoms with Gasteiger partial charge in [0.15, 0.2) is 0 Å². The van der Waals surface area contributed by atoms with Crippen LogP contribution in [-0.2, 0) is 11.2 Å². The van der Waals surface area contributed by atoms with E-state index in [-0.39, 0.29) is 5.75 Å². The Bertz CT molecular complexity index is 1010. The van der Waals surface area contributed by atoms with Crippen molar-refractivity contribution in [2.75, 3.05) is 6.61 Å². The lowest BCUT2D eigenvalue weighted by molar-refractivity contribution is -0.277. The Kier molecular flexibility index (Phi) is 10.1. The van der Waals surface area contributed by atoms with Crippen molar-refractivity contribution in [1.29, 1.82) is 0 Å². The highest BCUT2D eigenvalue weighted by atomic mass is 32.1. The van der Waals surface area contributed by atoms with Crippen LogP contribution >= 0.6 is 11.3 Å². The first-order chi connectivity index (χ1) is 15.4. The number of benzene rings is 1. The van der Waals surface area contributed by atoms with Gasteiger partial charge in [0.05, 0.1) is 11.5 Å². The summed E-state index contributed by atoms with van der Waals surface area (Å²) in [6.07, 6.45) is -1.22. The smallest absolute Gasteiger partial charge is 0.229 e. The summed E-state index contributed by atoms with van der Waals surface area (Å²) in [5, 5.41) is 50.1. The summed E-state index contributed by atoms with van der Waals surface area (Å²) >= 11 is 1.46. The molecular formula is C24H24O7S. The standard InChI is InChI=1S/C17H20O7S.C7H4/c18-8-12-14(20)15(21)16(22)17(24-12)23-11-5-6-25-13(11)7-9-1-3-10(19)4-2-9;1-3-5-7-6-4-2/h1-6,12,14-22H,7-8H2;1H,2H3. The molecule has 0 saturated carbocycles. The van der Waals surface area contributed by atoms with E-state index in [0.29, 0.717) is 12.2 Å². The second kappa shape index (κ2) is 12.8. The number of phenolic OH excluding ortho intramolecular Hbond substituents is 1. The Labute approximate surface area is 190 Å². The van der Waals surface area contributed by atoms with Gasteiger partial charge < -0.3 is 35.0 Å². The maximum atomic E-state index is 10.1. The number of ether oxygens (including phenoxy) is 2. The van der Waals surface area contributed by atoms with Crippen LogP contribution in [-0.4, -0.2) is 62.8 Å². The van der Waals surface area contributed by atoms with E-state index in [2.05, 4.69) is 29.6 Å². The molecule has 7 nitrogen and oxygen atoms in total. The van der Waals surface area contributed by atoms with Crippen molar-refractivity contribution in [3.8, 4) is 47.5 Å². The van der Waals surface area contributed by atoms with Crippen LogP contribution < -0.4 is 4.74 Å². The molecule has 8 heteroatoms. The maximum Gasteiger partial charge on any atom is 0.229 e. The molecule has 0 aliphatic carbocycles. The van der Waals surface area contributed by atoms with Crippen molar-refractivity contribution in [2.45, 2.75) is 44.1 Å². The highest BCUT2D eigenvalue weighted by Crippen LogP contribution is 2.31. The average Bonchev–Trinajstić information content (AvgIpc) is 3.23. The third-order valence-electron chi connectivity index (χ3n) is 4.42. The monoisotopic (exact) mass is 456 g/mol. The quantitative estimate of drug-likeness (QED) is 0.424. The Morgan fingerprint density at radius 3 is 2.38 bits per heavy atom. The molecule has 0 spiro atoms. The number of hydrogen-bond donors (Lipinski definition) is 5. The van der Waals surface area contributed by atoms with Crippen molar-refractivity contribution in [3.05, 3.63) is 46.2 Å². The minimum Gasteiger partial charge on any atom is -0.508 e. The molecule has 5 N–H and O–H groups in total. The SMILES string of the molecule is C#CC#CC#CC.OCC1OC(Oc2ccsc2Cc2ccc(O)cc2)C(O)C(O)C1O. The Morgan fingerprint density at radius 2 is 1.75 bits per heavy atom. The van der Waals surface area contributed by atoms with Crippen LogP contribution in [0.3, 0.4) is 0 Å². The van der Waals surface area contributed by atoms with Gasteiger partial charge >= 0.3 is 0 Å². The number of terminal acetylenes is 1. The summed E-state index contributed by atoms with van der Waals surface area (Å²) in [5.74, 6) is 12.7. The summed E-state index contributed by atoms with van der Waals surface area (Å²) in [7, 11) is 0. The van der Waals surface area contributed by atoms with Crippen LogP contribution in [0.25, 0.3) is 0 Å². The van der Waals surface area contributed by atoms with Crippen LogP contribution in [0.1, 0.15) is 17.4 Å². The van der Waals surface area contributed by atoms with Gasteiger partial charge in [-0.2, -0.15) is 0 Å². The second-order valence-electron chi connectivity index (χ2n) is 6.64. The summed E-state index contributed by atoms with van der Waals surface area (Å²) in [4.78, 5) is 0.877. The minimum atomic E-state index is -1.48. The molecule has 1 fully saturated rings. The summed E-state index contributed by atoms with van der Waals surface area (Å²) < 4.78 is 11.1. The number of thiophene rings is 1. The van der Waals surface area contributed by atoms with Crippen LogP contribution in [0, 0.1) is 36.0 Å². The van der Waals surface area contributed by atoms with Crippen molar-refractivity contribution >= 4 is 11.3 Å². The molecule has 2 heterocycles. The zero-order chi connectivity index (χ0) is 23.5. The van der Waals surface area contributed by atoms with Crippen LogP contribution in [0.2, 0.25) is 0 Å². The Morgan fingerprint density at radius 1 is 1.03 bits per heavy atom. The van der Waals surface area contributed by atoms with E-state index in [0.717, 1.165) is 10.4 Å². The molecule has 3 rings (SSSR count). The van der Waals surface area contributed by atoms with Gasteiger partial charge in [0.25, 0.3) is 0 Å². The Balaban J connectivity index is 0.000000451. The second-order valence-corrected chi connectivity index (χ2v) is 7.64. The molecule has 0 amide bonds. The lowest BCUT2D eigenvalue weighted by atomic mass is 9.99. The third kappa shape index (κ3) is 7.02. The highest BCUT2D eigenvalue weighted by Gasteiger charge is 2.44. The Hall–Kier alpha value is -3.00. The first-order valence-electron chi connectivity index (χ1n) is 9.60. The number of aromatic hydroxyl groups is 1. The average molecular weight is 457 g/mol. The van der Waals surface area contributed by atoms with Crippen molar-refractivity contribution in [2.24, 2.45) is 0 Å². The molecule has 5 unspecified atom stereocenters. The molecule has 1 aromatic carbocycles. The fourth-order valence-corrected chi connectivity index (χ4v) is 3.62. The fourth-order valence-electron chi connectivity index (χ4n) is 2.78. The van der Waals surface area contributed by atoms with Crippen LogP contribution in [0.5, 0.6) is 11.5 Å². The van der Waals surface area contributed by atoms with Gasteiger partial charge in [-0.15, -0.1) is 17.8 Å². The number of aliphatic hydroxyl groups excluding tert-OH is 4. The van der Waals surface area contributed by atoms with Crippen molar-refractivity contribution in [3.63, 3.8) is 0 Å². The zero-order valence-corrected chi connectivity index (χ0v) is 18.1. The maximum absolute atomic E-state index is 10.1. The van der Waals surface area contributed by atoms with E-state index in [9.17, 15) is 25.5 Å². The number of rotatable bonds is 5. The van der Waals surface area contributed by atoms with Crippen molar-refractivity contribution < 1.29 is 35.0 Å². The van der Waals surface area contributed by atoms with Crippen LogP contribution in [0.15, 0.2) is 35.7 Å². The molecule has 1 aliphatic rings. The first kappa shape index (κ1) is 25.3. The van der Waals surface area contributed by atoms with Crippen LogP contribution in [0.4, 0.5) is 0 Å². The van der Waals surface area contributed by atoms with E-state index in [1.54, 1.807) is 37.3 Å². The molecule has 5 atom stereocenters. The van der Waals surface area contributed by atoms with E-state index in [1.807, 2.05) is 5.38 Å². The van der Waals surface area contributed by atoms with Gasteiger partial charge in [-0.1, -0.05) is 18.1 Å². The predicted molar refractivity (Wildman–Crippen MR) is 120 cm³/mol. The van der Waals surface area contributed by atoms with Gasteiger partial charge in [0.2, 0.25) is 6.29 Å². The predicted octanol–water partition coefficient (Wildman–Crippen LogP) is 0.869. The number of phenols is 1. The summed E-state index contributed by atoms with van der Waals surface area (Å²) in [5.41, 5.74) is 0.971. The van der Waals surface area contributed by atoms with Gasteiger partial charge in [0.1, 0.15) is 35.9 Å². The van der Waals surface area contributed by atoms with E-state index >= 15 is 0 Å². The fraction of sp³-hybridized carbons (Fsp3) is 0.333. The lowest BCUT2D eigenvalue weighted by Crippen LogP contribution is -2.60. The van der Waals surface area contributed by atoms with Crippen molar-refractivity contribution in [1.82, 2.24) is 0 Å². The molecule has 1 aromatic heterocycles. The molecule has 1 aliphatic heterocycles. The molecule has 2 aromatic rings. The number of aliphatic hydroxyl groups is 4. The largest absolute Gasteiger partial charge is 0.508 e. The van der Waals surface area contributed by atoms with Gasteiger partial charge in [-0.25, -0.2) is 0 Å². The molecule has 32 heavy (non-hydrogen) atoms. The number of hydrogen-bond acceptors (Lipinski definition) is 8. The summed E-state index contributed by atoms with van der Waals surface area (Å²) in [6.45, 7) is 1.21. The lowest BCUT2D eigenvalue weighted by Gasteiger charge is -2.39. The highest BCUT2D eigenvalue weighted by molar-refractivity contribution is 7.10. The van der Waals surface area contributed by atoms with Gasteiger partial charge in [0, 0.05) is 6.42 Å².